The topological polar surface area (TPSA) is 66.9 Å². The predicted octanol–water partition coefficient (Wildman–Crippen LogP) is 3.33. The lowest BCUT2D eigenvalue weighted by Crippen LogP contribution is -2.36. The van der Waals surface area contributed by atoms with E-state index in [0.29, 0.717) is 18.1 Å². The predicted molar refractivity (Wildman–Crippen MR) is 95.0 cm³/mol. The average molecular weight is 342 g/mol. The molecule has 1 amide bonds. The van der Waals surface area contributed by atoms with Gasteiger partial charge in [0.25, 0.3) is 5.91 Å². The molecular weight excluding hydrogens is 319 g/mol. The fourth-order valence-corrected chi connectivity index (χ4v) is 3.07. The van der Waals surface area contributed by atoms with Gasteiger partial charge in [-0.1, -0.05) is 31.4 Å². The van der Waals surface area contributed by atoms with Gasteiger partial charge < -0.3 is 10.6 Å². The van der Waals surface area contributed by atoms with Crippen molar-refractivity contribution >= 4 is 11.7 Å². The van der Waals surface area contributed by atoms with Gasteiger partial charge in [-0.05, 0) is 37.0 Å². The van der Waals surface area contributed by atoms with Crippen molar-refractivity contribution < 1.29 is 9.18 Å². The maximum Gasteiger partial charge on any atom is 0.270 e. The fraction of sp³-hybridized carbons (Fsp3) is 0.421. The molecule has 0 spiro atoms. The lowest BCUT2D eigenvalue weighted by Gasteiger charge is -2.22. The van der Waals surface area contributed by atoms with E-state index in [0.717, 1.165) is 24.8 Å². The zero-order valence-corrected chi connectivity index (χ0v) is 14.2. The van der Waals surface area contributed by atoms with Gasteiger partial charge >= 0.3 is 0 Å². The van der Waals surface area contributed by atoms with Crippen LogP contribution in [0.25, 0.3) is 0 Å². The third-order valence-electron chi connectivity index (χ3n) is 4.47. The second-order valence-corrected chi connectivity index (χ2v) is 6.40. The molecule has 1 aliphatic rings. The summed E-state index contributed by atoms with van der Waals surface area (Å²) < 4.78 is 12.9. The van der Waals surface area contributed by atoms with Crippen LogP contribution in [-0.4, -0.2) is 28.5 Å². The first kappa shape index (κ1) is 17.3. The molecule has 1 aromatic carbocycles. The molecule has 3 rings (SSSR count). The summed E-state index contributed by atoms with van der Waals surface area (Å²) >= 11 is 0. The molecule has 0 aliphatic heterocycles. The summed E-state index contributed by atoms with van der Waals surface area (Å²) in [5.41, 5.74) is 1.42. The summed E-state index contributed by atoms with van der Waals surface area (Å²) in [6.07, 6.45) is 7.82. The number of benzene rings is 1. The second kappa shape index (κ2) is 8.55. The number of carbonyl (C=O) groups is 1. The number of carbonyl (C=O) groups excluding carboxylic acids is 1. The zero-order chi connectivity index (χ0) is 17.5. The molecule has 0 radical (unpaired) electrons. The van der Waals surface area contributed by atoms with Crippen LogP contribution >= 0.6 is 0 Å². The smallest absolute Gasteiger partial charge is 0.270 e. The number of nitrogens with zero attached hydrogens (tertiary/aromatic N) is 2. The summed E-state index contributed by atoms with van der Waals surface area (Å²) in [4.78, 5) is 20.6. The lowest BCUT2D eigenvalue weighted by atomic mass is 9.95. The molecule has 132 valence electrons. The van der Waals surface area contributed by atoms with Crippen LogP contribution in [0.2, 0.25) is 0 Å². The number of hydrogen-bond acceptors (Lipinski definition) is 4. The van der Waals surface area contributed by atoms with E-state index in [1.807, 2.05) is 0 Å². The third-order valence-corrected chi connectivity index (χ3v) is 4.47. The number of aromatic nitrogens is 2. The highest BCUT2D eigenvalue weighted by Gasteiger charge is 2.17. The number of rotatable bonds is 6. The van der Waals surface area contributed by atoms with Crippen molar-refractivity contribution in [1.82, 2.24) is 15.3 Å². The highest BCUT2D eigenvalue weighted by atomic mass is 19.1. The Morgan fingerprint density at radius 1 is 1.12 bits per heavy atom. The molecular formula is C19H23FN4O. The van der Waals surface area contributed by atoms with Crippen molar-refractivity contribution in [2.45, 2.75) is 44.6 Å². The van der Waals surface area contributed by atoms with Crippen molar-refractivity contribution in [1.29, 1.82) is 0 Å². The molecule has 6 heteroatoms. The number of anilines is 1. The van der Waals surface area contributed by atoms with Gasteiger partial charge in [0.2, 0.25) is 0 Å². The molecule has 1 fully saturated rings. The van der Waals surface area contributed by atoms with E-state index in [-0.39, 0.29) is 17.8 Å². The van der Waals surface area contributed by atoms with Crippen LogP contribution in [0.5, 0.6) is 0 Å². The monoisotopic (exact) mass is 342 g/mol. The Hall–Kier alpha value is -2.50. The Kier molecular flexibility index (Phi) is 5.93. The van der Waals surface area contributed by atoms with Crippen LogP contribution in [-0.2, 0) is 6.42 Å². The Morgan fingerprint density at radius 3 is 2.64 bits per heavy atom. The molecule has 1 heterocycles. The molecule has 1 saturated carbocycles. The Balaban J connectivity index is 1.51. The Bertz CT molecular complexity index is 699. The highest BCUT2D eigenvalue weighted by molar-refractivity contribution is 5.93. The number of hydrogen-bond donors (Lipinski definition) is 2. The van der Waals surface area contributed by atoms with E-state index >= 15 is 0 Å². The fourth-order valence-electron chi connectivity index (χ4n) is 3.07. The highest BCUT2D eigenvalue weighted by Crippen LogP contribution is 2.17. The molecule has 0 saturated heterocycles. The van der Waals surface area contributed by atoms with Crippen LogP contribution in [0.3, 0.4) is 0 Å². The lowest BCUT2D eigenvalue weighted by molar-refractivity contribution is 0.0922. The van der Waals surface area contributed by atoms with Gasteiger partial charge in [-0.15, -0.1) is 0 Å². The van der Waals surface area contributed by atoms with E-state index in [2.05, 4.69) is 20.6 Å². The average Bonchev–Trinajstić information content (AvgIpc) is 2.64. The van der Waals surface area contributed by atoms with Crippen LogP contribution in [0, 0.1) is 5.82 Å². The van der Waals surface area contributed by atoms with Gasteiger partial charge in [0.15, 0.2) is 0 Å². The Labute approximate surface area is 147 Å². The van der Waals surface area contributed by atoms with Gasteiger partial charge in [0.05, 0.1) is 0 Å². The zero-order valence-electron chi connectivity index (χ0n) is 14.2. The molecule has 2 aromatic rings. The van der Waals surface area contributed by atoms with Crippen LogP contribution in [0.4, 0.5) is 10.2 Å². The third kappa shape index (κ3) is 5.24. The van der Waals surface area contributed by atoms with Crippen LogP contribution < -0.4 is 10.6 Å². The van der Waals surface area contributed by atoms with Crippen molar-refractivity contribution in [2.24, 2.45) is 0 Å². The van der Waals surface area contributed by atoms with Crippen molar-refractivity contribution in [3.05, 3.63) is 53.7 Å². The summed E-state index contributed by atoms with van der Waals surface area (Å²) in [6, 6.07) is 8.36. The van der Waals surface area contributed by atoms with Gasteiger partial charge in [-0.25, -0.2) is 14.4 Å². The first-order valence-corrected chi connectivity index (χ1v) is 8.82. The first-order valence-electron chi connectivity index (χ1n) is 8.82. The maximum atomic E-state index is 12.9. The largest absolute Gasteiger partial charge is 0.370 e. The standard InChI is InChI=1S/C19H23FN4O/c20-15-8-6-14(7-9-15)10-11-21-18-12-17(22-13-23-18)19(25)24-16-4-2-1-3-5-16/h6-9,12-13,16H,1-5,10-11H2,(H,24,25)(H,21,22,23). The maximum absolute atomic E-state index is 12.9. The molecule has 5 nitrogen and oxygen atoms in total. The molecule has 0 bridgehead atoms. The molecule has 0 atom stereocenters. The van der Waals surface area contributed by atoms with Crippen molar-refractivity contribution in [3.63, 3.8) is 0 Å². The van der Waals surface area contributed by atoms with E-state index in [4.69, 9.17) is 0 Å². The van der Waals surface area contributed by atoms with E-state index in [1.165, 1.54) is 37.7 Å². The van der Waals surface area contributed by atoms with Crippen molar-refractivity contribution in [3.8, 4) is 0 Å². The normalized spacial score (nSPS) is 14.9. The minimum absolute atomic E-state index is 0.143. The summed E-state index contributed by atoms with van der Waals surface area (Å²) in [5, 5.41) is 6.24. The van der Waals surface area contributed by atoms with Gasteiger partial charge in [0, 0.05) is 18.7 Å². The Morgan fingerprint density at radius 2 is 1.88 bits per heavy atom. The minimum Gasteiger partial charge on any atom is -0.370 e. The van der Waals surface area contributed by atoms with Gasteiger partial charge in [-0.2, -0.15) is 0 Å². The quantitative estimate of drug-likeness (QED) is 0.845. The summed E-state index contributed by atoms with van der Waals surface area (Å²) in [7, 11) is 0. The molecule has 0 unspecified atom stereocenters. The number of halogens is 1. The van der Waals surface area contributed by atoms with Crippen LogP contribution in [0.15, 0.2) is 36.7 Å². The summed E-state index contributed by atoms with van der Waals surface area (Å²) in [6.45, 7) is 0.645. The first-order chi connectivity index (χ1) is 12.2. The van der Waals surface area contributed by atoms with Gasteiger partial charge in [0.1, 0.15) is 23.7 Å². The van der Waals surface area contributed by atoms with Crippen LogP contribution in [0.1, 0.15) is 48.2 Å². The molecule has 2 N–H and O–H groups in total. The molecule has 25 heavy (non-hydrogen) atoms. The molecule has 1 aromatic heterocycles. The SMILES string of the molecule is O=C(NC1CCCCC1)c1cc(NCCc2ccc(F)cc2)ncn1. The van der Waals surface area contributed by atoms with Crippen molar-refractivity contribution in [2.75, 3.05) is 11.9 Å². The minimum atomic E-state index is -0.235. The number of amides is 1. The second-order valence-electron chi connectivity index (χ2n) is 6.40. The van der Waals surface area contributed by atoms with E-state index < -0.39 is 0 Å². The van der Waals surface area contributed by atoms with E-state index in [1.54, 1.807) is 18.2 Å². The summed E-state index contributed by atoms with van der Waals surface area (Å²) in [5.74, 6) is 0.239. The van der Waals surface area contributed by atoms with Gasteiger partial charge in [-0.3, -0.25) is 4.79 Å². The van der Waals surface area contributed by atoms with E-state index in [9.17, 15) is 9.18 Å². The number of nitrogens with one attached hydrogen (secondary N) is 2. The molecule has 1 aliphatic carbocycles.